The predicted molar refractivity (Wildman–Crippen MR) is 96.6 cm³/mol. The maximum absolute atomic E-state index is 2.74. The molecule has 3 rings (SSSR count). The van der Waals surface area contributed by atoms with Crippen molar-refractivity contribution >= 4 is 23.5 Å². The van der Waals surface area contributed by atoms with Crippen LogP contribution in [0.25, 0.3) is 0 Å². The molecule has 0 unspecified atom stereocenters. The number of thioether (sulfide) groups is 2. The Balaban J connectivity index is 1.40. The molecule has 2 fully saturated rings. The molecule has 2 aliphatic heterocycles. The quantitative estimate of drug-likeness (QED) is 0.840. The molecule has 1 aromatic rings. The first kappa shape index (κ1) is 15.7. The largest absolute Gasteiger partial charge is 0.300 e. The number of benzene rings is 1. The third-order valence-electron chi connectivity index (χ3n) is 4.48. The van der Waals surface area contributed by atoms with E-state index in [-0.39, 0.29) is 0 Å². The number of rotatable bonds is 4. The van der Waals surface area contributed by atoms with Crippen LogP contribution in [0.5, 0.6) is 0 Å². The molecule has 0 spiro atoms. The minimum Gasteiger partial charge on any atom is -0.300 e. The molecular weight excluding hydrogens is 296 g/mol. The molecule has 0 N–H and O–H groups in total. The van der Waals surface area contributed by atoms with Crippen molar-refractivity contribution in [2.45, 2.75) is 12.5 Å². The molecule has 21 heavy (non-hydrogen) atoms. The highest BCUT2D eigenvalue weighted by Crippen LogP contribution is 2.21. The molecule has 0 saturated carbocycles. The highest BCUT2D eigenvalue weighted by molar-refractivity contribution is 8.03. The summed E-state index contributed by atoms with van der Waals surface area (Å²) in [6.45, 7) is 6.24. The average molecular weight is 323 g/mol. The van der Waals surface area contributed by atoms with E-state index in [0.717, 1.165) is 6.04 Å². The minimum atomic E-state index is 0.818. The van der Waals surface area contributed by atoms with Gasteiger partial charge >= 0.3 is 0 Å². The van der Waals surface area contributed by atoms with Crippen molar-refractivity contribution in [2.75, 3.05) is 55.7 Å². The fraction of sp³-hybridized carbons (Fsp3) is 0.647. The molecule has 0 radical (unpaired) electrons. The lowest BCUT2D eigenvalue weighted by molar-refractivity contribution is 0.112. The lowest BCUT2D eigenvalue weighted by Crippen LogP contribution is -2.52. The molecule has 1 aromatic carbocycles. The van der Waals surface area contributed by atoms with Crippen molar-refractivity contribution in [3.8, 4) is 0 Å². The lowest BCUT2D eigenvalue weighted by atomic mass is 10.1. The van der Waals surface area contributed by atoms with E-state index in [1.165, 1.54) is 67.7 Å². The molecule has 2 nitrogen and oxygen atoms in total. The highest BCUT2D eigenvalue weighted by Gasteiger charge is 2.24. The summed E-state index contributed by atoms with van der Waals surface area (Å²) < 4.78 is 0. The van der Waals surface area contributed by atoms with Crippen molar-refractivity contribution in [2.24, 2.45) is 0 Å². The summed E-state index contributed by atoms with van der Waals surface area (Å²) >= 11 is 4.30. The van der Waals surface area contributed by atoms with Gasteiger partial charge in [-0.3, -0.25) is 4.90 Å². The maximum Gasteiger partial charge on any atom is 0.0278 e. The Bertz CT molecular complexity index is 397. The second-order valence-electron chi connectivity index (χ2n) is 5.92. The Morgan fingerprint density at radius 2 is 1.57 bits per heavy atom. The summed E-state index contributed by atoms with van der Waals surface area (Å²) in [6, 6.07) is 11.7. The Kier molecular flexibility index (Phi) is 6.34. The molecule has 0 bridgehead atoms. The van der Waals surface area contributed by atoms with Crippen LogP contribution < -0.4 is 0 Å². The number of hydrogen-bond donors (Lipinski definition) is 0. The van der Waals surface area contributed by atoms with Gasteiger partial charge in [0, 0.05) is 61.8 Å². The monoisotopic (exact) mass is 322 g/mol. The second-order valence-corrected chi connectivity index (χ2v) is 8.22. The second kappa shape index (κ2) is 8.47. The Morgan fingerprint density at radius 3 is 2.24 bits per heavy atom. The smallest absolute Gasteiger partial charge is 0.0278 e. The van der Waals surface area contributed by atoms with Crippen molar-refractivity contribution in [3.05, 3.63) is 35.9 Å². The summed E-state index contributed by atoms with van der Waals surface area (Å²) in [5.41, 5.74) is 1.47. The van der Waals surface area contributed by atoms with Gasteiger partial charge in [-0.15, -0.1) is 0 Å². The first-order valence-corrected chi connectivity index (χ1v) is 10.4. The molecule has 2 aliphatic rings. The van der Waals surface area contributed by atoms with Gasteiger partial charge in [-0.25, -0.2) is 0 Å². The normalized spacial score (nSPS) is 23.0. The zero-order chi connectivity index (χ0) is 14.3. The SMILES string of the molecule is c1ccc(CCN2CCN(C3CSCCSC3)CC2)cc1. The van der Waals surface area contributed by atoms with Crippen LogP contribution in [0.2, 0.25) is 0 Å². The van der Waals surface area contributed by atoms with Crippen LogP contribution in [-0.4, -0.2) is 71.6 Å². The first-order chi connectivity index (χ1) is 10.4. The standard InChI is InChI=1S/C17H26N2S2/c1-2-4-16(5-3-1)6-7-18-8-10-19(11-9-18)17-14-20-12-13-21-15-17/h1-5,17H,6-15H2. The third-order valence-corrected chi connectivity index (χ3v) is 6.96. The molecule has 2 heterocycles. The van der Waals surface area contributed by atoms with Crippen LogP contribution in [0.4, 0.5) is 0 Å². The Hall–Kier alpha value is -0.160. The summed E-state index contributed by atoms with van der Waals surface area (Å²) in [5.74, 6) is 5.38. The van der Waals surface area contributed by atoms with Gasteiger partial charge in [0.2, 0.25) is 0 Å². The van der Waals surface area contributed by atoms with E-state index >= 15 is 0 Å². The van der Waals surface area contributed by atoms with Crippen LogP contribution in [0, 0.1) is 0 Å². The fourth-order valence-electron chi connectivity index (χ4n) is 3.10. The molecule has 4 heteroatoms. The van der Waals surface area contributed by atoms with E-state index in [2.05, 4.69) is 63.7 Å². The predicted octanol–water partition coefficient (Wildman–Crippen LogP) is 2.70. The lowest BCUT2D eigenvalue weighted by Gasteiger charge is -2.38. The molecule has 0 atom stereocenters. The number of nitrogens with zero attached hydrogens (tertiary/aromatic N) is 2. The topological polar surface area (TPSA) is 6.48 Å². The van der Waals surface area contributed by atoms with Crippen LogP contribution in [0.15, 0.2) is 30.3 Å². The highest BCUT2D eigenvalue weighted by atomic mass is 32.2. The van der Waals surface area contributed by atoms with Gasteiger partial charge in [0.15, 0.2) is 0 Å². The van der Waals surface area contributed by atoms with E-state index in [4.69, 9.17) is 0 Å². The van der Waals surface area contributed by atoms with Gasteiger partial charge in [0.25, 0.3) is 0 Å². The number of hydrogen-bond acceptors (Lipinski definition) is 4. The summed E-state index contributed by atoms with van der Waals surface area (Å²) in [6.07, 6.45) is 1.19. The molecule has 0 amide bonds. The molecule has 0 aromatic heterocycles. The van der Waals surface area contributed by atoms with Crippen LogP contribution in [0.1, 0.15) is 5.56 Å². The van der Waals surface area contributed by atoms with Crippen molar-refractivity contribution in [1.82, 2.24) is 9.80 Å². The van der Waals surface area contributed by atoms with Gasteiger partial charge < -0.3 is 4.90 Å². The molecule has 2 saturated heterocycles. The van der Waals surface area contributed by atoms with E-state index in [9.17, 15) is 0 Å². The zero-order valence-corrected chi connectivity index (χ0v) is 14.4. The van der Waals surface area contributed by atoms with Gasteiger partial charge in [0.05, 0.1) is 0 Å². The first-order valence-electron chi connectivity index (χ1n) is 8.07. The van der Waals surface area contributed by atoms with E-state index < -0.39 is 0 Å². The molecule has 116 valence electrons. The van der Waals surface area contributed by atoms with E-state index in [1.807, 2.05) is 0 Å². The fourth-order valence-corrected chi connectivity index (χ4v) is 5.73. The van der Waals surface area contributed by atoms with Gasteiger partial charge in [-0.05, 0) is 12.0 Å². The summed E-state index contributed by atoms with van der Waals surface area (Å²) in [4.78, 5) is 5.38. The van der Waals surface area contributed by atoms with Gasteiger partial charge in [-0.1, -0.05) is 30.3 Å². The van der Waals surface area contributed by atoms with Gasteiger partial charge in [-0.2, -0.15) is 23.5 Å². The third kappa shape index (κ3) is 4.92. The average Bonchev–Trinajstić information content (AvgIpc) is 2.84. The molecule has 0 aliphatic carbocycles. The maximum atomic E-state index is 2.74. The van der Waals surface area contributed by atoms with Crippen molar-refractivity contribution < 1.29 is 0 Å². The number of piperazine rings is 1. The van der Waals surface area contributed by atoms with Crippen LogP contribution in [0.3, 0.4) is 0 Å². The summed E-state index contributed by atoms with van der Waals surface area (Å²) in [5, 5.41) is 0. The van der Waals surface area contributed by atoms with E-state index in [0.29, 0.717) is 0 Å². The van der Waals surface area contributed by atoms with Crippen LogP contribution in [-0.2, 0) is 6.42 Å². The Labute approximate surface area is 137 Å². The van der Waals surface area contributed by atoms with Gasteiger partial charge in [0.1, 0.15) is 0 Å². The van der Waals surface area contributed by atoms with E-state index in [1.54, 1.807) is 0 Å². The zero-order valence-electron chi connectivity index (χ0n) is 12.7. The van der Waals surface area contributed by atoms with Crippen LogP contribution >= 0.6 is 23.5 Å². The summed E-state index contributed by atoms with van der Waals surface area (Å²) in [7, 11) is 0. The van der Waals surface area contributed by atoms with Crippen molar-refractivity contribution in [1.29, 1.82) is 0 Å². The van der Waals surface area contributed by atoms with Crippen molar-refractivity contribution in [3.63, 3.8) is 0 Å². The minimum absolute atomic E-state index is 0.818. The Morgan fingerprint density at radius 1 is 0.905 bits per heavy atom. The molecular formula is C17H26N2S2.